The van der Waals surface area contributed by atoms with E-state index >= 15 is 0 Å². The maximum Gasteiger partial charge on any atom is 0.225 e. The van der Waals surface area contributed by atoms with Crippen LogP contribution in [0.2, 0.25) is 0 Å². The van der Waals surface area contributed by atoms with Crippen LogP contribution >= 0.6 is 0 Å². The van der Waals surface area contributed by atoms with E-state index < -0.39 is 0 Å². The van der Waals surface area contributed by atoms with Gasteiger partial charge in [0.1, 0.15) is 5.82 Å². The summed E-state index contributed by atoms with van der Waals surface area (Å²) < 4.78 is 18.9. The van der Waals surface area contributed by atoms with E-state index in [1.54, 1.807) is 0 Å². The van der Waals surface area contributed by atoms with E-state index in [4.69, 9.17) is 9.51 Å². The largest absolute Gasteiger partial charge is 0.356 e. The maximum atomic E-state index is 13.3. The minimum Gasteiger partial charge on any atom is -0.356 e. The number of aromatic nitrogens is 3. The second-order valence-corrected chi connectivity index (χ2v) is 7.84. The summed E-state index contributed by atoms with van der Waals surface area (Å²) in [6.45, 7) is 5.67. The molecule has 1 saturated heterocycles. The predicted octanol–water partition coefficient (Wildman–Crippen LogP) is 4.29. The topological polar surface area (TPSA) is 58.3 Å². The lowest BCUT2D eigenvalue weighted by molar-refractivity contribution is 0.244. The molecule has 3 heterocycles. The molecule has 0 N–H and O–H groups in total. The molecule has 152 valence electrons. The number of benzene rings is 1. The number of nitrogens with zero attached hydrogens (tertiary/aromatic N) is 5. The first-order valence-corrected chi connectivity index (χ1v) is 9.90. The van der Waals surface area contributed by atoms with Gasteiger partial charge in [-0.1, -0.05) is 17.3 Å². The van der Waals surface area contributed by atoms with Crippen molar-refractivity contribution in [3.05, 3.63) is 58.8 Å². The average Bonchev–Trinajstić information content (AvgIpc) is 3.30. The number of hydrogen-bond acceptors (Lipinski definition) is 6. The Morgan fingerprint density at radius 3 is 2.62 bits per heavy atom. The zero-order valence-corrected chi connectivity index (χ0v) is 17.3. The van der Waals surface area contributed by atoms with Crippen molar-refractivity contribution < 1.29 is 8.91 Å². The molecule has 1 aliphatic rings. The Balaban J connectivity index is 1.73. The van der Waals surface area contributed by atoms with Crippen molar-refractivity contribution >= 4 is 5.95 Å². The Bertz CT molecular complexity index is 999. The molecule has 2 aromatic heterocycles. The third-order valence-electron chi connectivity index (χ3n) is 5.59. The Morgan fingerprint density at radius 2 is 1.97 bits per heavy atom. The first-order valence-electron chi connectivity index (χ1n) is 9.90. The highest BCUT2D eigenvalue weighted by Crippen LogP contribution is 2.39. The number of hydrogen-bond donors (Lipinski definition) is 0. The zero-order chi connectivity index (χ0) is 20.5. The fraction of sp³-hybridized carbons (Fsp3) is 0.409. The summed E-state index contributed by atoms with van der Waals surface area (Å²) >= 11 is 0. The molecule has 1 fully saturated rings. The van der Waals surface area contributed by atoms with Crippen LogP contribution in [-0.2, 0) is 6.54 Å². The zero-order valence-electron chi connectivity index (χ0n) is 17.3. The fourth-order valence-corrected chi connectivity index (χ4v) is 3.85. The van der Waals surface area contributed by atoms with Crippen LogP contribution in [0.15, 0.2) is 35.0 Å². The third-order valence-corrected chi connectivity index (χ3v) is 5.59. The molecule has 0 aliphatic carbocycles. The molecule has 0 radical (unpaired) electrons. The summed E-state index contributed by atoms with van der Waals surface area (Å²) in [5.41, 5.74) is 4.83. The van der Waals surface area contributed by atoms with Crippen molar-refractivity contribution in [3.63, 3.8) is 0 Å². The predicted molar refractivity (Wildman–Crippen MR) is 110 cm³/mol. The highest BCUT2D eigenvalue weighted by Gasteiger charge is 2.31. The van der Waals surface area contributed by atoms with Crippen molar-refractivity contribution in [2.75, 3.05) is 25.5 Å². The van der Waals surface area contributed by atoms with E-state index in [0.717, 1.165) is 59.8 Å². The Hall–Kier alpha value is -2.80. The quantitative estimate of drug-likeness (QED) is 0.642. The molecule has 0 amide bonds. The van der Waals surface area contributed by atoms with E-state index in [2.05, 4.69) is 15.0 Å². The number of halogens is 1. The van der Waals surface area contributed by atoms with Crippen molar-refractivity contribution in [1.82, 2.24) is 20.0 Å². The lowest BCUT2D eigenvalue weighted by Crippen LogP contribution is -2.25. The smallest absolute Gasteiger partial charge is 0.225 e. The molecule has 1 aliphatic heterocycles. The lowest BCUT2D eigenvalue weighted by Gasteiger charge is -2.26. The molecule has 1 aromatic carbocycles. The summed E-state index contributed by atoms with van der Waals surface area (Å²) in [5, 5.41) is 4.12. The van der Waals surface area contributed by atoms with Gasteiger partial charge in [-0.2, -0.15) is 0 Å². The molecule has 1 unspecified atom stereocenters. The first kappa shape index (κ1) is 19.5. The third kappa shape index (κ3) is 3.87. The molecular formula is C22H26FN5O. The highest BCUT2D eigenvalue weighted by atomic mass is 19.1. The molecule has 3 aromatic rings. The van der Waals surface area contributed by atoms with Gasteiger partial charge in [0.25, 0.3) is 0 Å². The number of aryl methyl sites for hydroxylation is 1. The lowest BCUT2D eigenvalue weighted by atomic mass is 10.0. The van der Waals surface area contributed by atoms with E-state index in [0.29, 0.717) is 5.95 Å². The van der Waals surface area contributed by atoms with Gasteiger partial charge in [0.15, 0.2) is 5.76 Å². The minimum atomic E-state index is -0.211. The van der Waals surface area contributed by atoms with Crippen LogP contribution in [0.25, 0.3) is 11.3 Å². The van der Waals surface area contributed by atoms with Crippen LogP contribution in [0.5, 0.6) is 0 Å². The van der Waals surface area contributed by atoms with Crippen molar-refractivity contribution in [1.29, 1.82) is 0 Å². The monoisotopic (exact) mass is 395 g/mol. The SMILES string of the molecule is Cc1noc(-c2cnc(N(C)C)nc2C2CCCN2Cc2ccc(F)cc2)c1C. The molecule has 7 heteroatoms. The first-order chi connectivity index (χ1) is 13.9. The van der Waals surface area contributed by atoms with Gasteiger partial charge in [-0.3, -0.25) is 4.90 Å². The van der Waals surface area contributed by atoms with E-state index in [1.807, 2.05) is 51.2 Å². The molecular weight excluding hydrogens is 369 g/mol. The van der Waals surface area contributed by atoms with Crippen LogP contribution in [0.1, 0.15) is 41.4 Å². The molecule has 4 rings (SSSR count). The van der Waals surface area contributed by atoms with E-state index in [9.17, 15) is 4.39 Å². The fourth-order valence-electron chi connectivity index (χ4n) is 3.85. The highest BCUT2D eigenvalue weighted by molar-refractivity contribution is 5.65. The normalized spacial score (nSPS) is 17.1. The number of anilines is 1. The maximum absolute atomic E-state index is 13.3. The minimum absolute atomic E-state index is 0.140. The van der Waals surface area contributed by atoms with Crippen LogP contribution in [-0.4, -0.2) is 40.7 Å². The molecule has 29 heavy (non-hydrogen) atoms. The average molecular weight is 395 g/mol. The Morgan fingerprint density at radius 1 is 1.21 bits per heavy atom. The van der Waals surface area contributed by atoms with Crippen molar-refractivity contribution in [2.24, 2.45) is 0 Å². The van der Waals surface area contributed by atoms with Gasteiger partial charge in [-0.05, 0) is 50.9 Å². The van der Waals surface area contributed by atoms with Gasteiger partial charge < -0.3 is 9.42 Å². The second kappa shape index (κ2) is 7.91. The summed E-state index contributed by atoms with van der Waals surface area (Å²) in [7, 11) is 3.88. The standard InChI is InChI=1S/C22H26FN5O/c1-14-15(2)26-29-21(14)18-12-24-22(27(3)4)25-20(18)19-6-5-11-28(19)13-16-7-9-17(23)10-8-16/h7-10,12,19H,5-6,11,13H2,1-4H3. The van der Waals surface area contributed by atoms with Crippen molar-refractivity contribution in [2.45, 2.75) is 39.3 Å². The summed E-state index contributed by atoms with van der Waals surface area (Å²) in [5.74, 6) is 1.19. The number of likely N-dealkylation sites (tertiary alicyclic amines) is 1. The van der Waals surface area contributed by atoms with Gasteiger partial charge >= 0.3 is 0 Å². The Kier molecular flexibility index (Phi) is 5.32. The van der Waals surface area contributed by atoms with Gasteiger partial charge in [0.05, 0.1) is 23.0 Å². The molecule has 0 bridgehead atoms. The number of rotatable bonds is 5. The van der Waals surface area contributed by atoms with Crippen LogP contribution < -0.4 is 4.90 Å². The summed E-state index contributed by atoms with van der Waals surface area (Å²) in [6.07, 6.45) is 3.93. The van der Waals surface area contributed by atoms with Gasteiger partial charge in [0.2, 0.25) is 5.95 Å². The molecule has 0 saturated carbocycles. The molecule has 0 spiro atoms. The summed E-state index contributed by atoms with van der Waals surface area (Å²) in [4.78, 5) is 13.7. The second-order valence-electron chi connectivity index (χ2n) is 7.84. The van der Waals surface area contributed by atoms with E-state index in [1.165, 1.54) is 12.1 Å². The molecule has 1 atom stereocenters. The van der Waals surface area contributed by atoms with Gasteiger partial charge in [-0.25, -0.2) is 14.4 Å². The van der Waals surface area contributed by atoms with Gasteiger partial charge in [0, 0.05) is 32.4 Å². The van der Waals surface area contributed by atoms with Crippen molar-refractivity contribution in [3.8, 4) is 11.3 Å². The van der Waals surface area contributed by atoms with Crippen LogP contribution in [0, 0.1) is 19.7 Å². The Labute approximate surface area is 170 Å². The van der Waals surface area contributed by atoms with E-state index in [-0.39, 0.29) is 11.9 Å². The van der Waals surface area contributed by atoms with Gasteiger partial charge in [-0.15, -0.1) is 0 Å². The summed E-state index contributed by atoms with van der Waals surface area (Å²) in [6, 6.07) is 6.87. The molecule has 6 nitrogen and oxygen atoms in total. The van der Waals surface area contributed by atoms with Crippen LogP contribution in [0.4, 0.5) is 10.3 Å². The van der Waals surface area contributed by atoms with Crippen LogP contribution in [0.3, 0.4) is 0 Å².